The summed E-state index contributed by atoms with van der Waals surface area (Å²) in [6.45, 7) is 38.3. The molecule has 306 valence electrons. The second kappa shape index (κ2) is 27.0. The van der Waals surface area contributed by atoms with Gasteiger partial charge >= 0.3 is 5.97 Å². The molecule has 2 atom stereocenters. The van der Waals surface area contributed by atoms with Gasteiger partial charge in [-0.3, -0.25) is 9.59 Å². The average Bonchev–Trinajstić information content (AvgIpc) is 3.14. The van der Waals surface area contributed by atoms with Gasteiger partial charge in [-0.05, 0) is 123 Å². The topological polar surface area (TPSA) is 111 Å². The molecule has 0 bridgehead atoms. The Labute approximate surface area is 331 Å². The number of nitrogens with zero attached hydrogens (tertiary/aromatic N) is 1. The normalized spacial score (nSPS) is 17.4. The van der Waals surface area contributed by atoms with E-state index in [0.29, 0.717) is 24.5 Å². The first-order valence-corrected chi connectivity index (χ1v) is 20.2. The predicted octanol–water partition coefficient (Wildman–Crippen LogP) is 13.1. The molecule has 1 aliphatic rings. The Morgan fingerprint density at radius 3 is 2.00 bits per heavy atom. The van der Waals surface area contributed by atoms with Gasteiger partial charge in [0.15, 0.2) is 5.78 Å². The fourth-order valence-corrected chi connectivity index (χ4v) is 6.26. The van der Waals surface area contributed by atoms with Gasteiger partial charge in [0.25, 0.3) is 0 Å². The number of carbonyl (C=O) groups excluding carboxylic acids is 1. The number of allylic oxidation sites excluding steroid dienone is 11. The van der Waals surface area contributed by atoms with Crippen LogP contribution in [0.3, 0.4) is 0 Å². The molecule has 1 rings (SSSR count). The summed E-state index contributed by atoms with van der Waals surface area (Å²) >= 11 is 0. The molecule has 54 heavy (non-hydrogen) atoms. The lowest BCUT2D eigenvalue weighted by atomic mass is 9.72. The molecule has 1 fully saturated rings. The first kappa shape index (κ1) is 52.4. The monoisotopic (exact) mass is 751 g/mol. The Hall–Kier alpha value is -3.71. The largest absolute Gasteiger partial charge is 0.481 e. The van der Waals surface area contributed by atoms with Gasteiger partial charge in [0.2, 0.25) is 0 Å². The second-order valence-corrected chi connectivity index (χ2v) is 14.6. The molecular formula is C47H78N2O5. The number of rotatable bonds is 19. The van der Waals surface area contributed by atoms with E-state index in [1.807, 2.05) is 73.6 Å². The fraction of sp³-hybridized carbons (Fsp3) is 0.596. The third-order valence-electron chi connectivity index (χ3n) is 9.70. The van der Waals surface area contributed by atoms with Crippen molar-refractivity contribution < 1.29 is 24.2 Å². The number of carboxylic acid groups (broad SMARTS) is 1. The number of hydrogen-bond acceptors (Lipinski definition) is 6. The quantitative estimate of drug-likeness (QED) is 0.0772. The van der Waals surface area contributed by atoms with E-state index < -0.39 is 16.8 Å². The van der Waals surface area contributed by atoms with Crippen LogP contribution in [0.2, 0.25) is 0 Å². The van der Waals surface area contributed by atoms with Gasteiger partial charge < -0.3 is 20.3 Å². The van der Waals surface area contributed by atoms with Crippen LogP contribution in [0.25, 0.3) is 0 Å². The van der Waals surface area contributed by atoms with Crippen molar-refractivity contribution in [2.24, 2.45) is 21.6 Å². The van der Waals surface area contributed by atoms with Gasteiger partial charge in [0.05, 0.1) is 17.8 Å². The highest BCUT2D eigenvalue weighted by Crippen LogP contribution is 2.43. The maximum atomic E-state index is 13.8. The SMILES string of the molecule is C=C/C=C\C(C(=C(C)C)/C(C)=N/C(N)=C(\C(C)=C\CC)C(C)(C(=C)O/C=C(\CC)CC(C)(C)C(=O)O)C(=O)CC)=C(/C)CC.CC.CCC1CCCCO1. The highest BCUT2D eigenvalue weighted by Gasteiger charge is 2.43. The minimum absolute atomic E-state index is 0.117. The Morgan fingerprint density at radius 1 is 0.981 bits per heavy atom. The number of carboxylic acids is 1. The molecule has 0 saturated carbocycles. The maximum absolute atomic E-state index is 13.8. The molecule has 1 aliphatic heterocycles. The summed E-state index contributed by atoms with van der Waals surface area (Å²) in [5, 5.41) is 9.63. The maximum Gasteiger partial charge on any atom is 0.309 e. The third-order valence-corrected chi connectivity index (χ3v) is 9.70. The standard InChI is InChI=1S/C38H58N2O4.C7H14O.C2H6/c1-15-20-22-31(26(8)17-3)33(25(6)7)28(10)40-35(39)34(27(9)21-16-2)38(14,32(41)19-5)29(11)44-24-30(18-4)23-37(12,13)36(42)43;1-2-7-5-3-4-6-8-7;1-2/h15,20-22,24H,1,11,16-19,23,39H2,2-10,12-14H3,(H,42,43);7H,2-6H2,1H3;1-2H3/b22-20-,27-21+,30-24+,31-26-,35-34+,40-28+;;. The Morgan fingerprint density at radius 2 is 1.59 bits per heavy atom. The zero-order chi connectivity index (χ0) is 42.2. The van der Waals surface area contributed by atoms with Crippen molar-refractivity contribution in [1.82, 2.24) is 0 Å². The van der Waals surface area contributed by atoms with E-state index in [1.54, 1.807) is 33.8 Å². The van der Waals surface area contributed by atoms with E-state index in [9.17, 15) is 14.7 Å². The van der Waals surface area contributed by atoms with Crippen LogP contribution in [-0.2, 0) is 19.1 Å². The molecular weight excluding hydrogens is 673 g/mol. The minimum atomic E-state index is -1.32. The van der Waals surface area contributed by atoms with Gasteiger partial charge in [0.1, 0.15) is 17.0 Å². The van der Waals surface area contributed by atoms with Gasteiger partial charge in [-0.2, -0.15) is 0 Å². The summed E-state index contributed by atoms with van der Waals surface area (Å²) in [6.07, 6.45) is 17.7. The molecule has 0 aromatic rings. The van der Waals surface area contributed by atoms with Crippen LogP contribution in [-0.4, -0.2) is 35.3 Å². The van der Waals surface area contributed by atoms with Crippen molar-refractivity contribution in [1.29, 1.82) is 0 Å². The average molecular weight is 751 g/mol. The van der Waals surface area contributed by atoms with E-state index in [-0.39, 0.29) is 23.8 Å². The third kappa shape index (κ3) is 16.3. The smallest absolute Gasteiger partial charge is 0.309 e. The molecule has 0 spiro atoms. The van der Waals surface area contributed by atoms with Crippen LogP contribution in [0.15, 0.2) is 99.3 Å². The number of nitrogens with two attached hydrogens (primary N) is 1. The molecule has 0 aromatic heterocycles. The molecule has 7 heteroatoms. The molecule has 2 unspecified atom stereocenters. The lowest BCUT2D eigenvalue weighted by Gasteiger charge is -2.33. The van der Waals surface area contributed by atoms with E-state index in [2.05, 4.69) is 33.9 Å². The van der Waals surface area contributed by atoms with Crippen molar-refractivity contribution in [2.75, 3.05) is 6.61 Å². The molecule has 7 nitrogen and oxygen atoms in total. The van der Waals surface area contributed by atoms with E-state index in [1.165, 1.54) is 37.5 Å². The molecule has 0 radical (unpaired) electrons. The Kier molecular flexibility index (Phi) is 26.2. The number of carbonyl (C=O) groups is 2. The fourth-order valence-electron chi connectivity index (χ4n) is 6.26. The van der Waals surface area contributed by atoms with Crippen molar-refractivity contribution in [3.63, 3.8) is 0 Å². The predicted molar refractivity (Wildman–Crippen MR) is 232 cm³/mol. The first-order valence-electron chi connectivity index (χ1n) is 20.2. The molecule has 0 aromatic carbocycles. The van der Waals surface area contributed by atoms with Crippen LogP contribution in [0.4, 0.5) is 0 Å². The minimum Gasteiger partial charge on any atom is -0.481 e. The lowest BCUT2D eigenvalue weighted by Crippen LogP contribution is -2.35. The molecule has 1 saturated heterocycles. The van der Waals surface area contributed by atoms with Crippen LogP contribution >= 0.6 is 0 Å². The number of Topliss-reactive ketones (excluding diaryl/α,β-unsaturated/α-hetero) is 1. The van der Waals surface area contributed by atoms with E-state index in [4.69, 9.17) is 20.2 Å². The van der Waals surface area contributed by atoms with Crippen LogP contribution in [0, 0.1) is 10.8 Å². The number of ether oxygens (including phenoxy) is 2. The lowest BCUT2D eigenvalue weighted by molar-refractivity contribution is -0.146. The molecule has 1 heterocycles. The highest BCUT2D eigenvalue weighted by atomic mass is 16.5. The molecule has 0 amide bonds. The Balaban J connectivity index is 0. The first-order chi connectivity index (χ1) is 25.3. The van der Waals surface area contributed by atoms with Crippen molar-refractivity contribution in [3.05, 3.63) is 94.3 Å². The van der Waals surface area contributed by atoms with E-state index >= 15 is 0 Å². The van der Waals surface area contributed by atoms with Gasteiger partial charge in [0, 0.05) is 29.9 Å². The van der Waals surface area contributed by atoms with Gasteiger partial charge in [-0.25, -0.2) is 4.99 Å². The molecule has 3 N–H and O–H groups in total. The van der Waals surface area contributed by atoms with Crippen molar-refractivity contribution in [3.8, 4) is 0 Å². The number of hydrogen-bond donors (Lipinski definition) is 2. The number of ketones is 1. The van der Waals surface area contributed by atoms with E-state index in [0.717, 1.165) is 53.0 Å². The molecule has 0 aliphatic carbocycles. The van der Waals surface area contributed by atoms with Gasteiger partial charge in [-0.1, -0.05) is 97.1 Å². The summed E-state index contributed by atoms with van der Waals surface area (Å²) < 4.78 is 11.5. The number of aliphatic carboxylic acids is 1. The summed E-state index contributed by atoms with van der Waals surface area (Å²) in [7, 11) is 0. The zero-order valence-corrected chi connectivity index (χ0v) is 37.1. The summed E-state index contributed by atoms with van der Waals surface area (Å²) in [6, 6.07) is 0. The summed E-state index contributed by atoms with van der Waals surface area (Å²) in [5.74, 6) is -0.591. The van der Waals surface area contributed by atoms with Crippen LogP contribution < -0.4 is 5.73 Å². The summed E-state index contributed by atoms with van der Waals surface area (Å²) in [5.41, 5.74) is 11.8. The van der Waals surface area contributed by atoms with Crippen molar-refractivity contribution in [2.45, 2.75) is 168 Å². The van der Waals surface area contributed by atoms with Gasteiger partial charge in [-0.15, -0.1) is 0 Å². The highest BCUT2D eigenvalue weighted by molar-refractivity contribution is 6.04. The summed E-state index contributed by atoms with van der Waals surface area (Å²) in [4.78, 5) is 30.5. The van der Waals surface area contributed by atoms with Crippen LogP contribution in [0.1, 0.15) is 162 Å². The zero-order valence-electron chi connectivity index (χ0n) is 37.1. The Bertz CT molecular complexity index is 1450. The number of aliphatic imine (C=N–C) groups is 1. The second-order valence-electron chi connectivity index (χ2n) is 14.6. The van der Waals surface area contributed by atoms with Crippen molar-refractivity contribution >= 4 is 17.5 Å². The van der Waals surface area contributed by atoms with Crippen LogP contribution in [0.5, 0.6) is 0 Å².